The molecule has 7 nitrogen and oxygen atoms in total. The maximum absolute atomic E-state index is 13.6. The number of nitrogens with one attached hydrogen (secondary N) is 1. The second kappa shape index (κ2) is 11.1. The number of halogens is 1. The van der Waals surface area contributed by atoms with Crippen molar-refractivity contribution in [1.82, 2.24) is 9.62 Å². The lowest BCUT2D eigenvalue weighted by Crippen LogP contribution is -2.48. The van der Waals surface area contributed by atoms with Crippen LogP contribution in [0.4, 0.5) is 4.39 Å². The Morgan fingerprint density at radius 3 is 2.35 bits per heavy atom. The van der Waals surface area contributed by atoms with E-state index in [1.54, 1.807) is 31.3 Å². The molecule has 2 aromatic rings. The van der Waals surface area contributed by atoms with Crippen LogP contribution in [0.1, 0.15) is 20.3 Å². The third-order valence-corrected chi connectivity index (χ3v) is 6.06. The summed E-state index contributed by atoms with van der Waals surface area (Å²) >= 11 is 0. The third kappa shape index (κ3) is 7.22. The van der Waals surface area contributed by atoms with E-state index in [9.17, 15) is 17.6 Å². The van der Waals surface area contributed by atoms with Crippen molar-refractivity contribution in [2.24, 2.45) is 5.92 Å². The Labute approximate surface area is 183 Å². The van der Waals surface area contributed by atoms with Gasteiger partial charge in [0.1, 0.15) is 18.4 Å². The molecule has 1 atom stereocenters. The normalized spacial score (nSPS) is 12.5. The molecule has 170 valence electrons. The van der Waals surface area contributed by atoms with Gasteiger partial charge >= 0.3 is 0 Å². The highest BCUT2D eigenvalue weighted by molar-refractivity contribution is 7.89. The zero-order valence-corrected chi connectivity index (χ0v) is 19.0. The molecule has 0 fully saturated rings. The number of carbonyl (C=O) groups excluding carboxylic acids is 1. The second-order valence-electron chi connectivity index (χ2n) is 7.52. The molecule has 0 aromatic heterocycles. The van der Waals surface area contributed by atoms with Gasteiger partial charge in [-0.1, -0.05) is 26.0 Å². The van der Waals surface area contributed by atoms with E-state index in [4.69, 9.17) is 9.47 Å². The molecule has 2 aromatic carbocycles. The Hall–Kier alpha value is -2.65. The van der Waals surface area contributed by atoms with Crippen molar-refractivity contribution in [3.63, 3.8) is 0 Å². The topological polar surface area (TPSA) is 84.9 Å². The maximum Gasteiger partial charge on any atom is 0.241 e. The highest BCUT2D eigenvalue weighted by Crippen LogP contribution is 2.18. The van der Waals surface area contributed by atoms with Gasteiger partial charge in [0.05, 0.1) is 18.6 Å². The standard InChI is InChI=1S/C22H29FN2O5S/c1-16(2)15-20(24-31(27,28)18-11-9-17(29-4)10-12-18)22(26)25(3)13-14-30-21-8-6-5-7-19(21)23/h5-12,16,20,24H,13-15H2,1-4H3. The number of hydrogen-bond acceptors (Lipinski definition) is 5. The zero-order chi connectivity index (χ0) is 23.0. The van der Waals surface area contributed by atoms with Gasteiger partial charge in [0, 0.05) is 7.05 Å². The molecule has 0 aliphatic carbocycles. The summed E-state index contributed by atoms with van der Waals surface area (Å²) in [5.74, 6) is -0.162. The van der Waals surface area contributed by atoms with Crippen LogP contribution in [0.15, 0.2) is 53.4 Å². The molecule has 0 bridgehead atoms. The molecule has 0 radical (unpaired) electrons. The first-order chi connectivity index (χ1) is 14.6. The van der Waals surface area contributed by atoms with Crippen molar-refractivity contribution in [2.45, 2.75) is 31.2 Å². The summed E-state index contributed by atoms with van der Waals surface area (Å²) in [5.41, 5.74) is 0. The third-order valence-electron chi connectivity index (χ3n) is 4.57. The van der Waals surface area contributed by atoms with Crippen LogP contribution in [0, 0.1) is 11.7 Å². The lowest BCUT2D eigenvalue weighted by molar-refractivity contribution is -0.132. The first kappa shape index (κ1) is 24.6. The quantitative estimate of drug-likeness (QED) is 0.566. The number of ether oxygens (including phenoxy) is 2. The molecule has 0 spiro atoms. The van der Waals surface area contributed by atoms with E-state index in [2.05, 4.69) is 4.72 Å². The zero-order valence-electron chi connectivity index (χ0n) is 18.2. The van der Waals surface area contributed by atoms with Crippen molar-refractivity contribution in [3.8, 4) is 11.5 Å². The molecule has 0 saturated carbocycles. The second-order valence-corrected chi connectivity index (χ2v) is 9.23. The van der Waals surface area contributed by atoms with Gasteiger partial charge in [-0.2, -0.15) is 4.72 Å². The van der Waals surface area contributed by atoms with Crippen molar-refractivity contribution >= 4 is 15.9 Å². The molecular weight excluding hydrogens is 423 g/mol. The number of nitrogens with zero attached hydrogens (tertiary/aromatic N) is 1. The summed E-state index contributed by atoms with van der Waals surface area (Å²) < 4.78 is 52.2. The molecule has 1 N–H and O–H groups in total. The largest absolute Gasteiger partial charge is 0.497 e. The number of likely N-dealkylation sites (N-methyl/N-ethyl adjacent to an activating group) is 1. The van der Waals surface area contributed by atoms with Crippen LogP contribution in [0.5, 0.6) is 11.5 Å². The summed E-state index contributed by atoms with van der Waals surface area (Å²) in [6.45, 7) is 4.06. The number of hydrogen-bond donors (Lipinski definition) is 1. The number of sulfonamides is 1. The minimum atomic E-state index is -3.91. The van der Waals surface area contributed by atoms with Gasteiger partial charge < -0.3 is 14.4 Å². The van der Waals surface area contributed by atoms with Crippen molar-refractivity contribution in [2.75, 3.05) is 27.3 Å². The Bertz CT molecular complexity index is 964. The summed E-state index contributed by atoms with van der Waals surface area (Å²) in [4.78, 5) is 14.4. The van der Waals surface area contributed by atoms with Crippen LogP contribution < -0.4 is 14.2 Å². The van der Waals surface area contributed by atoms with E-state index >= 15 is 0 Å². The van der Waals surface area contributed by atoms with Crippen LogP contribution in [0.25, 0.3) is 0 Å². The predicted octanol–water partition coefficient (Wildman–Crippen LogP) is 3.06. The van der Waals surface area contributed by atoms with E-state index in [1.165, 1.54) is 36.3 Å². The minimum Gasteiger partial charge on any atom is -0.497 e. The first-order valence-corrected chi connectivity index (χ1v) is 11.4. The average Bonchev–Trinajstić information content (AvgIpc) is 2.73. The van der Waals surface area contributed by atoms with Gasteiger partial charge in [0.15, 0.2) is 11.6 Å². The van der Waals surface area contributed by atoms with E-state index < -0.39 is 21.9 Å². The van der Waals surface area contributed by atoms with Crippen LogP contribution >= 0.6 is 0 Å². The van der Waals surface area contributed by atoms with E-state index in [0.29, 0.717) is 12.2 Å². The van der Waals surface area contributed by atoms with Gasteiger partial charge in [-0.3, -0.25) is 4.79 Å². The smallest absolute Gasteiger partial charge is 0.241 e. The van der Waals surface area contributed by atoms with Gasteiger partial charge in [0.2, 0.25) is 15.9 Å². The Balaban J connectivity index is 2.05. The van der Waals surface area contributed by atoms with Crippen LogP contribution in [0.3, 0.4) is 0 Å². The highest BCUT2D eigenvalue weighted by atomic mass is 32.2. The average molecular weight is 453 g/mol. The summed E-state index contributed by atoms with van der Waals surface area (Å²) in [6, 6.07) is 11.0. The number of para-hydroxylation sites is 1. The number of carbonyl (C=O) groups is 1. The Morgan fingerprint density at radius 1 is 1.13 bits per heavy atom. The minimum absolute atomic E-state index is 0.0420. The van der Waals surface area contributed by atoms with Gasteiger partial charge in [-0.05, 0) is 48.7 Å². The van der Waals surface area contributed by atoms with E-state index in [-0.39, 0.29) is 35.6 Å². The predicted molar refractivity (Wildman–Crippen MR) is 116 cm³/mol. The van der Waals surface area contributed by atoms with Gasteiger partial charge in [-0.25, -0.2) is 12.8 Å². The summed E-state index contributed by atoms with van der Waals surface area (Å²) in [5, 5.41) is 0. The van der Waals surface area contributed by atoms with E-state index in [0.717, 1.165) is 0 Å². The highest BCUT2D eigenvalue weighted by Gasteiger charge is 2.28. The van der Waals surface area contributed by atoms with E-state index in [1.807, 2.05) is 13.8 Å². The molecule has 0 saturated heterocycles. The maximum atomic E-state index is 13.6. The van der Waals surface area contributed by atoms with Crippen molar-refractivity contribution in [3.05, 3.63) is 54.3 Å². The molecule has 0 aliphatic heterocycles. The van der Waals surface area contributed by atoms with Gasteiger partial charge in [-0.15, -0.1) is 0 Å². The first-order valence-electron chi connectivity index (χ1n) is 9.92. The fourth-order valence-corrected chi connectivity index (χ4v) is 4.11. The molecule has 0 heterocycles. The van der Waals surface area contributed by atoms with Crippen molar-refractivity contribution < 1.29 is 27.1 Å². The fraction of sp³-hybridized carbons (Fsp3) is 0.409. The lowest BCUT2D eigenvalue weighted by atomic mass is 10.0. The summed E-state index contributed by atoms with van der Waals surface area (Å²) in [7, 11) is -0.863. The Kier molecular flexibility index (Phi) is 8.82. The number of methoxy groups -OCH3 is 1. The molecular formula is C22H29FN2O5S. The molecule has 9 heteroatoms. The van der Waals surface area contributed by atoms with Crippen molar-refractivity contribution in [1.29, 1.82) is 0 Å². The Morgan fingerprint density at radius 2 is 1.77 bits per heavy atom. The van der Waals surface area contributed by atoms with Crippen LogP contribution in [-0.2, 0) is 14.8 Å². The van der Waals surface area contributed by atoms with Gasteiger partial charge in [0.25, 0.3) is 0 Å². The summed E-state index contributed by atoms with van der Waals surface area (Å²) in [6.07, 6.45) is 0.326. The van der Waals surface area contributed by atoms with Crippen LogP contribution in [0.2, 0.25) is 0 Å². The molecule has 1 amide bonds. The fourth-order valence-electron chi connectivity index (χ4n) is 2.91. The molecule has 2 rings (SSSR count). The lowest BCUT2D eigenvalue weighted by Gasteiger charge is -2.25. The van der Waals surface area contributed by atoms with Crippen LogP contribution in [-0.4, -0.2) is 52.6 Å². The number of benzene rings is 2. The number of rotatable bonds is 11. The monoisotopic (exact) mass is 452 g/mol. The SMILES string of the molecule is COc1ccc(S(=O)(=O)NC(CC(C)C)C(=O)N(C)CCOc2ccccc2F)cc1. The molecule has 31 heavy (non-hydrogen) atoms. The number of amides is 1. The molecule has 0 aliphatic rings. The molecule has 1 unspecified atom stereocenters.